The standard InChI is InChI=1S/C19H22ClFN4O2/c20-14-2-1-3-15(10-14)25-18(26)17(27-13-19(12-21)4-5-19)16(11-23-25)24-8-6-22-7-9-24/h1-3,10-11,22H,4-9,12-13H2. The molecule has 1 aromatic heterocycles. The lowest BCUT2D eigenvalue weighted by atomic mass is 10.1. The molecular weight excluding hydrogens is 371 g/mol. The second-order valence-electron chi connectivity index (χ2n) is 7.22. The minimum atomic E-state index is -0.433. The third-order valence-electron chi connectivity index (χ3n) is 5.19. The van der Waals surface area contributed by atoms with Crippen LogP contribution in [-0.4, -0.2) is 49.2 Å². The Balaban J connectivity index is 1.72. The smallest absolute Gasteiger partial charge is 0.316 e. The minimum Gasteiger partial charge on any atom is -0.486 e. The predicted molar refractivity (Wildman–Crippen MR) is 103 cm³/mol. The Hall–Kier alpha value is -2.12. The van der Waals surface area contributed by atoms with E-state index in [9.17, 15) is 9.18 Å². The monoisotopic (exact) mass is 392 g/mol. The van der Waals surface area contributed by atoms with Gasteiger partial charge in [0.25, 0.3) is 0 Å². The van der Waals surface area contributed by atoms with Crippen LogP contribution in [0.5, 0.6) is 5.75 Å². The number of nitrogens with one attached hydrogen (secondary N) is 1. The third kappa shape index (κ3) is 3.80. The van der Waals surface area contributed by atoms with Gasteiger partial charge in [-0.15, -0.1) is 0 Å². The van der Waals surface area contributed by atoms with E-state index in [0.717, 1.165) is 39.0 Å². The van der Waals surface area contributed by atoms with Crippen molar-refractivity contribution in [2.45, 2.75) is 12.8 Å². The molecule has 4 rings (SSSR count). The molecule has 144 valence electrons. The SMILES string of the molecule is O=c1c(OCC2(CF)CC2)c(N2CCNCC2)cnn1-c1cccc(Cl)c1. The minimum absolute atomic E-state index is 0.206. The summed E-state index contributed by atoms with van der Waals surface area (Å²) in [6.07, 6.45) is 3.23. The van der Waals surface area contributed by atoms with Crippen molar-refractivity contribution in [1.82, 2.24) is 15.1 Å². The van der Waals surface area contributed by atoms with E-state index in [4.69, 9.17) is 16.3 Å². The maximum atomic E-state index is 13.3. The molecule has 1 aliphatic carbocycles. The molecule has 1 saturated carbocycles. The number of nitrogens with zero attached hydrogens (tertiary/aromatic N) is 3. The second-order valence-corrected chi connectivity index (χ2v) is 7.65. The van der Waals surface area contributed by atoms with Gasteiger partial charge in [0.05, 0.1) is 25.2 Å². The van der Waals surface area contributed by atoms with E-state index in [-0.39, 0.29) is 17.9 Å². The van der Waals surface area contributed by atoms with E-state index in [1.807, 2.05) is 0 Å². The molecule has 6 nitrogen and oxygen atoms in total. The molecule has 0 amide bonds. The van der Waals surface area contributed by atoms with Crippen LogP contribution in [0.3, 0.4) is 0 Å². The lowest BCUT2D eigenvalue weighted by Gasteiger charge is -2.30. The summed E-state index contributed by atoms with van der Waals surface area (Å²) < 4.78 is 20.5. The Bertz CT molecular complexity index is 878. The van der Waals surface area contributed by atoms with Gasteiger partial charge in [-0.3, -0.25) is 9.18 Å². The number of ether oxygens (including phenoxy) is 1. The first kappa shape index (κ1) is 18.3. The summed E-state index contributed by atoms with van der Waals surface area (Å²) in [7, 11) is 0. The summed E-state index contributed by atoms with van der Waals surface area (Å²) in [6.45, 7) is 2.94. The number of alkyl halides is 1. The number of benzene rings is 1. The summed E-state index contributed by atoms with van der Waals surface area (Å²) in [6, 6.07) is 6.94. The maximum Gasteiger partial charge on any atom is 0.316 e. The van der Waals surface area contributed by atoms with Crippen molar-refractivity contribution in [3.05, 3.63) is 45.8 Å². The summed E-state index contributed by atoms with van der Waals surface area (Å²) >= 11 is 6.06. The molecule has 8 heteroatoms. The highest BCUT2D eigenvalue weighted by atomic mass is 35.5. The van der Waals surface area contributed by atoms with Crippen molar-refractivity contribution in [2.24, 2.45) is 5.41 Å². The highest BCUT2D eigenvalue weighted by Crippen LogP contribution is 2.46. The largest absolute Gasteiger partial charge is 0.486 e. The normalized spacial score (nSPS) is 18.4. The van der Waals surface area contributed by atoms with Crippen molar-refractivity contribution in [2.75, 3.05) is 44.4 Å². The third-order valence-corrected chi connectivity index (χ3v) is 5.42. The summed E-state index contributed by atoms with van der Waals surface area (Å²) in [5, 5.41) is 8.14. The van der Waals surface area contributed by atoms with Crippen LogP contribution >= 0.6 is 11.6 Å². The Morgan fingerprint density at radius 3 is 2.74 bits per heavy atom. The van der Waals surface area contributed by atoms with Crippen molar-refractivity contribution < 1.29 is 9.13 Å². The van der Waals surface area contributed by atoms with Crippen molar-refractivity contribution in [3.8, 4) is 11.4 Å². The fourth-order valence-corrected chi connectivity index (χ4v) is 3.39. The molecule has 2 heterocycles. The Morgan fingerprint density at radius 2 is 2.07 bits per heavy atom. The van der Waals surface area contributed by atoms with Crippen LogP contribution in [0.15, 0.2) is 35.3 Å². The number of halogens is 2. The van der Waals surface area contributed by atoms with Crippen LogP contribution in [0.25, 0.3) is 5.69 Å². The lowest BCUT2D eigenvalue weighted by Crippen LogP contribution is -2.44. The van der Waals surface area contributed by atoms with Crippen LogP contribution in [0, 0.1) is 5.41 Å². The zero-order valence-electron chi connectivity index (χ0n) is 15.0. The Labute approximate surface area is 161 Å². The molecule has 2 aliphatic rings. The van der Waals surface area contributed by atoms with Crippen molar-refractivity contribution >= 4 is 17.3 Å². The van der Waals surface area contributed by atoms with Crippen LogP contribution < -0.4 is 20.5 Å². The first-order chi connectivity index (χ1) is 13.1. The van der Waals surface area contributed by atoms with Gasteiger partial charge in [0.15, 0.2) is 0 Å². The van der Waals surface area contributed by atoms with Gasteiger partial charge in [0.1, 0.15) is 5.69 Å². The number of piperazine rings is 1. The molecule has 27 heavy (non-hydrogen) atoms. The number of anilines is 1. The van der Waals surface area contributed by atoms with Crippen LogP contribution in [0.1, 0.15) is 12.8 Å². The highest BCUT2D eigenvalue weighted by Gasteiger charge is 2.44. The molecule has 1 aliphatic heterocycles. The quantitative estimate of drug-likeness (QED) is 0.818. The molecule has 1 N–H and O–H groups in total. The fraction of sp³-hybridized carbons (Fsp3) is 0.474. The summed E-state index contributed by atoms with van der Waals surface area (Å²) in [5.41, 5.74) is 0.436. The average Bonchev–Trinajstić information content (AvgIpc) is 3.48. The van der Waals surface area contributed by atoms with Crippen LogP contribution in [-0.2, 0) is 0 Å². The first-order valence-electron chi connectivity index (χ1n) is 9.15. The average molecular weight is 393 g/mol. The molecule has 0 spiro atoms. The predicted octanol–water partition coefficient (Wildman–Crippen LogP) is 2.42. The van der Waals surface area contributed by atoms with Crippen LogP contribution in [0.4, 0.5) is 10.1 Å². The molecule has 0 unspecified atom stereocenters. The zero-order chi connectivity index (χ0) is 18.9. The molecule has 1 saturated heterocycles. The van der Waals surface area contributed by atoms with Crippen molar-refractivity contribution in [3.63, 3.8) is 0 Å². The Morgan fingerprint density at radius 1 is 1.30 bits per heavy atom. The number of rotatable bonds is 6. The molecule has 0 bridgehead atoms. The van der Waals surface area contributed by atoms with Gasteiger partial charge in [-0.25, -0.2) is 0 Å². The first-order valence-corrected chi connectivity index (χ1v) is 9.52. The molecule has 1 aromatic carbocycles. The maximum absolute atomic E-state index is 13.3. The van der Waals surface area contributed by atoms with Gasteiger partial charge < -0.3 is 15.0 Å². The Kier molecular flexibility index (Phi) is 5.06. The summed E-state index contributed by atoms with van der Waals surface area (Å²) in [4.78, 5) is 15.2. The van der Waals surface area contributed by atoms with Crippen LogP contribution in [0.2, 0.25) is 5.02 Å². The van der Waals surface area contributed by atoms with E-state index >= 15 is 0 Å². The summed E-state index contributed by atoms with van der Waals surface area (Å²) in [5.74, 6) is 0.228. The molecule has 0 atom stereocenters. The number of hydrogen-bond donors (Lipinski definition) is 1. The number of hydrogen-bond acceptors (Lipinski definition) is 5. The van der Waals surface area contributed by atoms with E-state index in [1.165, 1.54) is 4.68 Å². The lowest BCUT2D eigenvalue weighted by molar-refractivity contribution is 0.197. The van der Waals surface area contributed by atoms with Crippen molar-refractivity contribution in [1.29, 1.82) is 0 Å². The van der Waals surface area contributed by atoms with Gasteiger partial charge in [-0.2, -0.15) is 9.78 Å². The van der Waals surface area contributed by atoms with Gasteiger partial charge in [-0.1, -0.05) is 17.7 Å². The highest BCUT2D eigenvalue weighted by molar-refractivity contribution is 6.30. The molecule has 0 radical (unpaired) electrons. The topological polar surface area (TPSA) is 59.4 Å². The van der Waals surface area contributed by atoms with E-state index in [1.54, 1.807) is 30.5 Å². The number of aromatic nitrogens is 2. The van der Waals surface area contributed by atoms with E-state index in [0.29, 0.717) is 16.4 Å². The van der Waals surface area contributed by atoms with Gasteiger partial charge >= 0.3 is 5.56 Å². The van der Waals surface area contributed by atoms with E-state index < -0.39 is 12.1 Å². The van der Waals surface area contributed by atoms with Gasteiger partial charge in [0, 0.05) is 36.6 Å². The van der Waals surface area contributed by atoms with Gasteiger partial charge in [-0.05, 0) is 31.0 Å². The second kappa shape index (κ2) is 7.48. The van der Waals surface area contributed by atoms with E-state index in [2.05, 4.69) is 15.3 Å². The molecular formula is C19H22ClFN4O2. The molecule has 2 fully saturated rings. The molecule has 2 aromatic rings. The fourth-order valence-electron chi connectivity index (χ4n) is 3.21. The zero-order valence-corrected chi connectivity index (χ0v) is 15.7. The van der Waals surface area contributed by atoms with Gasteiger partial charge in [0.2, 0.25) is 5.75 Å².